The van der Waals surface area contributed by atoms with E-state index in [0.29, 0.717) is 12.1 Å². The van der Waals surface area contributed by atoms with Gasteiger partial charge in [0.15, 0.2) is 0 Å². The SMILES string of the molecule is FC(c1ccc([B-](F)(F)F)cn1)C(F)(F)F. The van der Waals surface area contributed by atoms with Crippen molar-refractivity contribution >= 4 is 12.4 Å². The molecule has 1 aromatic rings. The van der Waals surface area contributed by atoms with Crippen LogP contribution in [0.25, 0.3) is 0 Å². The highest BCUT2D eigenvalue weighted by molar-refractivity contribution is 6.73. The van der Waals surface area contributed by atoms with Crippen molar-refractivity contribution in [3.8, 4) is 0 Å². The normalized spacial score (nSPS) is 14.9. The maximum absolute atomic E-state index is 12.6. The Bertz CT molecular complexity index is 354. The van der Waals surface area contributed by atoms with E-state index in [-0.39, 0.29) is 6.20 Å². The Hall–Kier alpha value is -1.28. The van der Waals surface area contributed by atoms with E-state index in [2.05, 4.69) is 4.98 Å². The third-order valence-electron chi connectivity index (χ3n) is 1.73. The fourth-order valence-electron chi connectivity index (χ4n) is 0.928. The summed E-state index contributed by atoms with van der Waals surface area (Å²) in [5.41, 5.74) is -2.26. The van der Waals surface area contributed by atoms with E-state index in [0.717, 1.165) is 0 Å². The van der Waals surface area contributed by atoms with E-state index in [4.69, 9.17) is 0 Å². The molecule has 0 fully saturated rings. The highest BCUT2D eigenvalue weighted by atomic mass is 19.4. The molecule has 0 aliphatic carbocycles. The number of alkyl halides is 4. The van der Waals surface area contributed by atoms with Gasteiger partial charge in [0.2, 0.25) is 6.17 Å². The molecule has 0 N–H and O–H groups in total. The summed E-state index contributed by atoms with van der Waals surface area (Å²) in [5, 5.41) is 0. The van der Waals surface area contributed by atoms with Crippen molar-refractivity contribution in [2.24, 2.45) is 0 Å². The summed E-state index contributed by atoms with van der Waals surface area (Å²) in [5.74, 6) is 0. The first-order valence-electron chi connectivity index (χ1n) is 3.99. The largest absolute Gasteiger partial charge is 0.511 e. The van der Waals surface area contributed by atoms with Gasteiger partial charge in [-0.05, 0) is 6.07 Å². The summed E-state index contributed by atoms with van der Waals surface area (Å²) >= 11 is 0. The Morgan fingerprint density at radius 2 is 1.69 bits per heavy atom. The zero-order valence-electron chi connectivity index (χ0n) is 7.48. The fourth-order valence-corrected chi connectivity index (χ4v) is 0.928. The summed E-state index contributed by atoms with van der Waals surface area (Å²) in [6.45, 7) is -5.34. The molecule has 1 rings (SSSR count). The Labute approximate surface area is 85.3 Å². The van der Waals surface area contributed by atoms with Crippen LogP contribution in [0, 0.1) is 0 Å². The quantitative estimate of drug-likeness (QED) is 0.577. The molecule has 0 bridgehead atoms. The minimum absolute atomic E-state index is 0.188. The number of pyridine rings is 1. The number of aromatic nitrogens is 1. The molecule has 0 saturated heterocycles. The van der Waals surface area contributed by atoms with Crippen LogP contribution in [0.5, 0.6) is 0 Å². The van der Waals surface area contributed by atoms with Gasteiger partial charge in [-0.15, -0.1) is 0 Å². The zero-order valence-corrected chi connectivity index (χ0v) is 7.48. The van der Waals surface area contributed by atoms with Gasteiger partial charge >= 0.3 is 13.2 Å². The number of hydrogen-bond acceptors (Lipinski definition) is 1. The molecule has 1 atom stereocenters. The zero-order chi connectivity index (χ0) is 12.6. The van der Waals surface area contributed by atoms with Gasteiger partial charge in [0.05, 0.1) is 5.69 Å². The highest BCUT2D eigenvalue weighted by Crippen LogP contribution is 2.34. The average Bonchev–Trinajstić information content (AvgIpc) is 2.14. The van der Waals surface area contributed by atoms with Gasteiger partial charge < -0.3 is 12.9 Å². The van der Waals surface area contributed by atoms with E-state index in [9.17, 15) is 30.5 Å². The minimum atomic E-state index is -5.34. The summed E-state index contributed by atoms with van der Waals surface area (Å²) in [6.07, 6.45) is -8.35. The Balaban J connectivity index is 2.96. The van der Waals surface area contributed by atoms with Gasteiger partial charge in [-0.1, -0.05) is 11.5 Å². The average molecular weight is 246 g/mol. The molecule has 1 unspecified atom stereocenters. The second kappa shape index (κ2) is 3.95. The third-order valence-corrected chi connectivity index (χ3v) is 1.73. The smallest absolute Gasteiger partial charge is 0.445 e. The van der Waals surface area contributed by atoms with Gasteiger partial charge in [-0.25, -0.2) is 4.39 Å². The van der Waals surface area contributed by atoms with Crippen molar-refractivity contribution in [2.75, 3.05) is 0 Å². The van der Waals surface area contributed by atoms with Crippen molar-refractivity contribution in [3.63, 3.8) is 0 Å². The van der Waals surface area contributed by atoms with Gasteiger partial charge in [-0.3, -0.25) is 4.98 Å². The number of hydrogen-bond donors (Lipinski definition) is 0. The lowest BCUT2D eigenvalue weighted by Gasteiger charge is -2.16. The fraction of sp³-hybridized carbons (Fsp3) is 0.286. The van der Waals surface area contributed by atoms with E-state index in [1.54, 1.807) is 0 Å². The standard InChI is InChI=1S/C7H4BF7N/c9-6(7(10,11)12)5-2-1-4(3-16-5)8(13,14)15/h1-3,6H/q-1. The van der Waals surface area contributed by atoms with E-state index in [1.807, 2.05) is 0 Å². The molecule has 90 valence electrons. The van der Waals surface area contributed by atoms with E-state index in [1.165, 1.54) is 0 Å². The van der Waals surface area contributed by atoms with Crippen molar-refractivity contribution in [3.05, 3.63) is 24.0 Å². The Kier molecular flexibility index (Phi) is 3.16. The molecule has 9 heteroatoms. The first-order valence-corrected chi connectivity index (χ1v) is 3.99. The number of rotatable bonds is 2. The Morgan fingerprint density at radius 3 is 2.00 bits per heavy atom. The minimum Gasteiger partial charge on any atom is -0.445 e. The molecule has 0 radical (unpaired) electrons. The second-order valence-corrected chi connectivity index (χ2v) is 3.00. The first-order chi connectivity index (χ1) is 7.12. The molecule has 1 nitrogen and oxygen atoms in total. The molecule has 0 saturated carbocycles. The molecule has 16 heavy (non-hydrogen) atoms. The van der Waals surface area contributed by atoms with Crippen molar-refractivity contribution in [1.29, 1.82) is 0 Å². The van der Waals surface area contributed by atoms with Crippen LogP contribution in [0.3, 0.4) is 0 Å². The maximum atomic E-state index is 12.6. The van der Waals surface area contributed by atoms with Gasteiger partial charge in [-0.2, -0.15) is 13.2 Å². The first kappa shape index (κ1) is 12.8. The van der Waals surface area contributed by atoms with E-state index >= 15 is 0 Å². The Morgan fingerprint density at radius 1 is 1.12 bits per heavy atom. The molecule has 0 aliphatic heterocycles. The lowest BCUT2D eigenvalue weighted by atomic mass is 9.81. The third kappa shape index (κ3) is 2.86. The van der Waals surface area contributed by atoms with Crippen LogP contribution in [0.1, 0.15) is 11.9 Å². The van der Waals surface area contributed by atoms with Crippen LogP contribution in [0.4, 0.5) is 30.5 Å². The molecule has 0 amide bonds. The number of halogens is 7. The van der Waals surface area contributed by atoms with Crippen molar-refractivity contribution in [2.45, 2.75) is 12.3 Å². The lowest BCUT2D eigenvalue weighted by Crippen LogP contribution is -2.34. The summed E-state index contributed by atoms with van der Waals surface area (Å²) in [6, 6.07) is 0.753. The number of nitrogens with zero attached hydrogens (tertiary/aromatic N) is 1. The summed E-state index contributed by atoms with van der Waals surface area (Å²) in [4.78, 5) is 2.81. The predicted molar refractivity (Wildman–Crippen MR) is 42.9 cm³/mol. The molecule has 0 spiro atoms. The molecule has 0 aliphatic rings. The van der Waals surface area contributed by atoms with Crippen LogP contribution in [0.2, 0.25) is 0 Å². The molecular formula is C7H4BF7N-. The topological polar surface area (TPSA) is 12.9 Å². The molecule has 1 heterocycles. The van der Waals surface area contributed by atoms with Crippen LogP contribution >= 0.6 is 0 Å². The van der Waals surface area contributed by atoms with Crippen LogP contribution in [-0.4, -0.2) is 18.1 Å². The lowest BCUT2D eigenvalue weighted by molar-refractivity contribution is -0.183. The monoisotopic (exact) mass is 246 g/mol. The second-order valence-electron chi connectivity index (χ2n) is 3.00. The van der Waals surface area contributed by atoms with E-state index < -0.39 is 30.5 Å². The highest BCUT2D eigenvalue weighted by Gasteiger charge is 2.42. The maximum Gasteiger partial charge on any atom is 0.511 e. The van der Waals surface area contributed by atoms with Crippen LogP contribution in [0.15, 0.2) is 18.3 Å². The van der Waals surface area contributed by atoms with Crippen LogP contribution < -0.4 is 5.46 Å². The predicted octanol–water partition coefficient (Wildman–Crippen LogP) is 2.71. The van der Waals surface area contributed by atoms with Gasteiger partial charge in [0.25, 0.3) is 0 Å². The molecule has 1 aromatic heterocycles. The summed E-state index contributed by atoms with van der Waals surface area (Å²) < 4.78 is 84.3. The van der Waals surface area contributed by atoms with Crippen molar-refractivity contribution < 1.29 is 30.5 Å². The van der Waals surface area contributed by atoms with Crippen molar-refractivity contribution in [1.82, 2.24) is 4.98 Å². The van der Waals surface area contributed by atoms with Gasteiger partial charge in [0, 0.05) is 6.20 Å². The molecule has 0 aromatic carbocycles. The summed E-state index contributed by atoms with van der Waals surface area (Å²) in [7, 11) is 0. The van der Waals surface area contributed by atoms with Gasteiger partial charge in [0.1, 0.15) is 0 Å². The van der Waals surface area contributed by atoms with Crippen LogP contribution in [-0.2, 0) is 0 Å². The molecular weight excluding hydrogens is 242 g/mol.